The Morgan fingerprint density at radius 1 is 0.602 bits per heavy atom. The average Bonchev–Trinajstić information content (AvgIpc) is 1.55. The summed E-state index contributed by atoms with van der Waals surface area (Å²) in [7, 11) is -12.4. The molecule has 7 atom stereocenters. The van der Waals surface area contributed by atoms with Crippen molar-refractivity contribution in [1.29, 1.82) is 0 Å². The number of benzene rings is 5. The fourth-order valence-corrected chi connectivity index (χ4v) is 13.6. The van der Waals surface area contributed by atoms with Gasteiger partial charge in [0.25, 0.3) is 11.8 Å². The zero-order valence-electron chi connectivity index (χ0n) is 60.6. The van der Waals surface area contributed by atoms with E-state index in [0.29, 0.717) is 16.4 Å². The largest absolute Gasteiger partial charge is 0.504 e. The number of phosphoric acid groups is 3. The smallest absolute Gasteiger partial charge is 0.481 e. The van der Waals surface area contributed by atoms with Gasteiger partial charge in [-0.15, -0.1) is 0 Å². The summed E-state index contributed by atoms with van der Waals surface area (Å²) in [6, 6.07) is 18.5. The molecule has 0 aliphatic carbocycles. The summed E-state index contributed by atoms with van der Waals surface area (Å²) in [5.74, 6) is -14.4. The molecule has 602 valence electrons. The van der Waals surface area contributed by atoms with Crippen LogP contribution in [-0.2, 0) is 66.0 Å². The van der Waals surface area contributed by atoms with Crippen LogP contribution < -0.4 is 39.2 Å². The number of nitrogens with zero attached hydrogens (tertiary/aromatic N) is 5. The summed E-state index contributed by atoms with van der Waals surface area (Å²) in [4.78, 5) is 160. The van der Waals surface area contributed by atoms with E-state index < -0.39 is 148 Å². The highest BCUT2D eigenvalue weighted by Gasteiger charge is 2.64. The molecule has 3 heterocycles. The van der Waals surface area contributed by atoms with Crippen LogP contribution in [0.1, 0.15) is 69.3 Å². The minimum atomic E-state index is -6.25. The lowest BCUT2D eigenvalue weighted by Gasteiger charge is -2.32. The molecule has 2 unspecified atom stereocenters. The highest BCUT2D eigenvalue weighted by molar-refractivity contribution is 7.80. The number of aliphatic hydroxyl groups is 2. The lowest BCUT2D eigenvalue weighted by Crippen LogP contribution is -2.52. The van der Waals surface area contributed by atoms with E-state index in [1.807, 2.05) is 0 Å². The first kappa shape index (κ1) is 87.6. The standard InChI is InChI=1S/C71H76N7O31P3S/c1-70(2,64(91)69(92)73-29-28-58(87)72-30-31-113)38-106-112(98,99)109-111(96,97)105-37-56-62(108-110(93,94)95)63(90)71(107-56,57(86)25-15-41-10-20-46(81)53(34-41)102-5)78-66(50(85)24-14-40-9-19-45(80)52(33-40)101-4)74-61-67(75-65(76-68(61)78)49(84)23-13-39-8-18-44(79)51(32-39)100-3)77(59(88)26-16-42-11-21-47(82)54(35-42)103-6)60(89)27-17-43-12-22-48(83)55(36-43)104-7/h8-27,32-36,56,62-64,79-83,90-91,113H,28-31,37-38H2,1-7H3,(H,72,87)(H,73,92)(H,96,97)(H,98,99)(H2,93,94,95)/b23-13+,24-14+,25-15+,26-16+,27-17+/t56-,62-,63-,64+,71-/m1/s1. The van der Waals surface area contributed by atoms with Crippen molar-refractivity contribution in [3.63, 3.8) is 0 Å². The fraction of sp³-hybridized carbons (Fsp3) is 0.268. The lowest BCUT2D eigenvalue weighted by atomic mass is 9.87. The normalized spacial score (nSPS) is 17.3. The number of phenolic OH excluding ortho intramolecular Hbond substituents is 5. The highest BCUT2D eigenvalue weighted by atomic mass is 32.1. The molecule has 1 fully saturated rings. The maximum Gasteiger partial charge on any atom is 0.481 e. The Morgan fingerprint density at radius 3 is 1.46 bits per heavy atom. The Kier molecular flexibility index (Phi) is 29.1. The number of thiol groups is 1. The SMILES string of the molecule is COc1cc(/C=C/C(=O)c2nc(N(C(=O)/C=C/c3ccc(O)c(OC)c3)C(=O)/C=C/c3ccc(O)c(OC)c3)c3nc(C(=O)/C=C/c4ccc(O)c(OC)c4)n([C@]4(C(=O)/C=C/c5ccc(O)c(OC)c5)O[C@H](COP(=O)(O)OP(=O)(O)OCC(C)(C)[C@@H](O)C(=O)NCCC(=O)NCCS)[C@@H](OP(=O)(O)O)[C@H]4O)c3n2)ccc1O. The lowest BCUT2D eigenvalue weighted by molar-refractivity contribution is -0.168. The van der Waals surface area contributed by atoms with Crippen molar-refractivity contribution < 1.29 is 149 Å². The number of fused-ring (bicyclic) bond motifs is 1. The van der Waals surface area contributed by atoms with E-state index in [1.54, 1.807) is 0 Å². The van der Waals surface area contributed by atoms with Gasteiger partial charge in [0.05, 0.1) is 48.8 Å². The first-order chi connectivity index (χ1) is 53.3. The molecule has 1 aliphatic heterocycles. The van der Waals surface area contributed by atoms with Crippen LogP contribution in [-0.4, -0.2) is 208 Å². The number of aromatic nitrogens is 4. The number of amides is 4. The summed E-state index contributed by atoms with van der Waals surface area (Å²) in [6.45, 7) is -0.661. The summed E-state index contributed by atoms with van der Waals surface area (Å²) < 4.78 is 93.4. The van der Waals surface area contributed by atoms with E-state index in [2.05, 4.69) is 42.5 Å². The van der Waals surface area contributed by atoms with Crippen LogP contribution >= 0.6 is 36.1 Å². The van der Waals surface area contributed by atoms with Gasteiger partial charge in [0, 0.05) is 42.8 Å². The molecule has 0 radical (unpaired) electrons. The molecule has 13 N–H and O–H groups in total. The van der Waals surface area contributed by atoms with Gasteiger partial charge in [-0.05, 0) is 119 Å². The minimum Gasteiger partial charge on any atom is -0.504 e. The Hall–Kier alpha value is -11.0. The number of ether oxygens (including phenoxy) is 6. The zero-order chi connectivity index (χ0) is 83.1. The van der Waals surface area contributed by atoms with Crippen LogP contribution in [0.3, 0.4) is 0 Å². The minimum absolute atomic E-state index is 0.0323. The van der Waals surface area contributed by atoms with Gasteiger partial charge in [0.1, 0.15) is 24.4 Å². The van der Waals surface area contributed by atoms with Crippen molar-refractivity contribution in [2.75, 3.05) is 72.5 Å². The number of phenols is 5. The van der Waals surface area contributed by atoms with Gasteiger partial charge in [0.15, 0.2) is 80.3 Å². The van der Waals surface area contributed by atoms with Crippen LogP contribution in [0, 0.1) is 5.41 Å². The molecule has 1 saturated heterocycles. The number of nitrogens with one attached hydrogen (secondary N) is 2. The molecule has 42 heteroatoms. The second kappa shape index (κ2) is 37.6. The van der Waals surface area contributed by atoms with Crippen LogP contribution in [0.4, 0.5) is 5.82 Å². The monoisotopic (exact) mass is 1650 g/mol. The first-order valence-electron chi connectivity index (χ1n) is 33.0. The van der Waals surface area contributed by atoms with Gasteiger partial charge in [0.2, 0.25) is 40.7 Å². The number of imide groups is 1. The van der Waals surface area contributed by atoms with Gasteiger partial charge in [-0.3, -0.25) is 51.7 Å². The number of methoxy groups -OCH3 is 5. The second-order valence-corrected chi connectivity index (χ2v) is 29.4. The van der Waals surface area contributed by atoms with E-state index in [0.717, 1.165) is 87.8 Å². The van der Waals surface area contributed by atoms with Crippen molar-refractivity contribution in [2.24, 2.45) is 5.41 Å². The summed E-state index contributed by atoms with van der Waals surface area (Å²) in [5.41, 5.74) is -7.30. The Labute approximate surface area is 647 Å². The van der Waals surface area contributed by atoms with Crippen molar-refractivity contribution in [3.8, 4) is 57.5 Å². The van der Waals surface area contributed by atoms with Gasteiger partial charge >= 0.3 is 23.5 Å². The third-order valence-corrected chi connectivity index (χ3v) is 19.7. The molecular formula is C71H76N7O31P3S. The molecule has 0 saturated carbocycles. The molecular weight excluding hydrogens is 1570 g/mol. The molecule has 0 bridgehead atoms. The molecule has 4 amide bonds. The number of ketones is 3. The van der Waals surface area contributed by atoms with E-state index in [-0.39, 0.29) is 104 Å². The van der Waals surface area contributed by atoms with Gasteiger partial charge in [-0.2, -0.15) is 16.9 Å². The summed E-state index contributed by atoms with van der Waals surface area (Å²) in [5, 5.41) is 81.4. The number of aliphatic hydroxyl groups excluding tert-OH is 2. The highest BCUT2D eigenvalue weighted by Crippen LogP contribution is 2.61. The zero-order valence-corrected chi connectivity index (χ0v) is 64.2. The van der Waals surface area contributed by atoms with Crippen LogP contribution in [0.5, 0.6) is 57.5 Å². The van der Waals surface area contributed by atoms with Gasteiger partial charge in [-0.1, -0.05) is 62.4 Å². The van der Waals surface area contributed by atoms with Crippen LogP contribution in [0.25, 0.3) is 41.5 Å². The van der Waals surface area contributed by atoms with Crippen molar-refractivity contribution in [2.45, 2.75) is 50.4 Å². The number of anilines is 1. The van der Waals surface area contributed by atoms with Crippen LogP contribution in [0.15, 0.2) is 121 Å². The van der Waals surface area contributed by atoms with Crippen molar-refractivity contribution >= 4 is 124 Å². The quantitative estimate of drug-likeness (QED) is 0.00941. The summed E-state index contributed by atoms with van der Waals surface area (Å²) >= 11 is 3.99. The van der Waals surface area contributed by atoms with E-state index in [9.17, 15) is 78.6 Å². The number of phosphoric ester groups is 3. The molecule has 8 rings (SSSR count). The van der Waals surface area contributed by atoms with Gasteiger partial charge < -0.3 is 94.4 Å². The van der Waals surface area contributed by atoms with E-state index in [1.165, 1.54) is 107 Å². The molecule has 7 aromatic rings. The molecule has 0 spiro atoms. The van der Waals surface area contributed by atoms with Crippen molar-refractivity contribution in [1.82, 2.24) is 30.2 Å². The predicted molar refractivity (Wildman–Crippen MR) is 403 cm³/mol. The van der Waals surface area contributed by atoms with Gasteiger partial charge in [-0.25, -0.2) is 33.5 Å². The van der Waals surface area contributed by atoms with Crippen molar-refractivity contribution in [3.05, 3.63) is 161 Å². The number of aromatic hydroxyl groups is 5. The topological polar surface area (TPSA) is 556 Å². The second-order valence-electron chi connectivity index (χ2n) is 24.7. The molecule has 1 aliphatic rings. The Morgan fingerprint density at radius 2 is 1.03 bits per heavy atom. The number of imidazole rings is 1. The number of rotatable bonds is 37. The van der Waals surface area contributed by atoms with E-state index in [4.69, 9.17) is 42.0 Å². The Bertz CT molecular complexity index is 5030. The molecule has 38 nitrogen and oxygen atoms in total. The third-order valence-electron chi connectivity index (χ3n) is 16.4. The number of carbonyl (C=O) groups excluding carboxylic acids is 7. The Balaban J connectivity index is 1.40. The molecule has 2 aromatic heterocycles. The van der Waals surface area contributed by atoms with E-state index >= 15 is 24.0 Å². The first-order valence-corrected chi connectivity index (χ1v) is 38.1. The number of carbonyl (C=O) groups is 7. The fourth-order valence-electron chi connectivity index (χ4n) is 10.7. The number of hydrogen-bond acceptors (Lipinski definition) is 31. The maximum atomic E-state index is 16.2. The maximum absolute atomic E-state index is 16.2. The molecule has 113 heavy (non-hydrogen) atoms. The summed E-state index contributed by atoms with van der Waals surface area (Å²) in [6.07, 6.45) is -1.87. The average molecular weight is 1650 g/mol. The predicted octanol–water partition coefficient (Wildman–Crippen LogP) is 5.84. The number of hydrogen-bond donors (Lipinski definition) is 14. The molecule has 5 aromatic carbocycles. The third kappa shape index (κ3) is 22.0. The number of allylic oxidation sites excluding steroid dienone is 2. The van der Waals surface area contributed by atoms with Crippen LogP contribution in [0.2, 0.25) is 0 Å².